The van der Waals surface area contributed by atoms with Crippen LogP contribution >= 0.6 is 0 Å². The predicted molar refractivity (Wildman–Crippen MR) is 170 cm³/mol. The van der Waals surface area contributed by atoms with E-state index in [2.05, 4.69) is 50.0 Å². The molecule has 0 bridgehead atoms. The van der Waals surface area contributed by atoms with Crippen molar-refractivity contribution in [2.75, 3.05) is 19.6 Å². The van der Waals surface area contributed by atoms with Crippen molar-refractivity contribution in [2.24, 2.45) is 40.9 Å². The first-order chi connectivity index (χ1) is 20.7. The van der Waals surface area contributed by atoms with E-state index in [1.807, 2.05) is 18.2 Å². The predicted octanol–water partition coefficient (Wildman–Crippen LogP) is 6.75. The van der Waals surface area contributed by atoms with E-state index < -0.39 is 0 Å². The van der Waals surface area contributed by atoms with E-state index in [-0.39, 0.29) is 17.6 Å². The monoisotopic (exact) mass is 586 g/mol. The van der Waals surface area contributed by atoms with Crippen molar-refractivity contribution in [1.29, 1.82) is 0 Å². The van der Waals surface area contributed by atoms with Crippen LogP contribution in [-0.2, 0) is 20.7 Å². The van der Waals surface area contributed by atoms with Crippen molar-refractivity contribution in [3.8, 4) is 0 Å². The average Bonchev–Trinajstić information content (AvgIpc) is 3.51. The molecule has 4 aliphatic carbocycles. The van der Waals surface area contributed by atoms with Gasteiger partial charge in [-0.25, -0.2) is 0 Å². The molecule has 2 aliphatic heterocycles. The zero-order chi connectivity index (χ0) is 29.9. The second-order valence-electron chi connectivity index (χ2n) is 15.8. The number of carbonyl (C=O) groups is 2. The minimum Gasteiger partial charge on any atom is -0.365 e. The number of fused-ring (bicyclic) bond motifs is 6. The number of likely N-dealkylation sites (tertiary alicyclic amines) is 1. The van der Waals surface area contributed by atoms with Crippen LogP contribution < -0.4 is 5.32 Å². The van der Waals surface area contributed by atoms with Gasteiger partial charge in [-0.15, -0.1) is 0 Å². The number of carbonyl (C=O) groups excluding carboxylic acids is 2. The standard InChI is InChI=1S/C38H54N2O3/c1-24-20-34-36(40(23-24)19-18-39-35(42)13-10-27-8-6-5-7-9-27)26(3)38(43-34)17-15-30-31-12-11-28-21-29(41)14-16-37(28,4)33(31)22-32(30)25(38)2/h5-9,24,26,28,30-31,33-34,36H,10-23H2,1-4H3,(H,39,42)/t24-,26+,28+,30-,31-,33-,34+,36-,37-,38-/m0/s1. The molecule has 7 rings (SSSR count). The lowest BCUT2D eigenvalue weighted by Crippen LogP contribution is -2.54. The van der Waals surface area contributed by atoms with Crippen molar-refractivity contribution >= 4 is 11.7 Å². The summed E-state index contributed by atoms with van der Waals surface area (Å²) in [6, 6.07) is 10.7. The second-order valence-corrected chi connectivity index (χ2v) is 15.8. The number of amides is 1. The van der Waals surface area contributed by atoms with E-state index in [4.69, 9.17) is 4.74 Å². The Bertz CT molecular complexity index is 1260. The molecule has 3 saturated carbocycles. The maximum absolute atomic E-state index is 12.7. The molecule has 1 spiro atoms. The number of hydrogen-bond donors (Lipinski definition) is 1. The van der Waals surface area contributed by atoms with Crippen molar-refractivity contribution in [3.05, 3.63) is 47.0 Å². The molecule has 1 N–H and O–H groups in total. The zero-order valence-electron chi connectivity index (χ0n) is 27.1. The van der Waals surface area contributed by atoms with Crippen LogP contribution in [0.15, 0.2) is 41.5 Å². The number of ether oxygens (including phenoxy) is 1. The molecule has 1 aromatic carbocycles. The Hall–Kier alpha value is -1.98. The van der Waals surface area contributed by atoms with Gasteiger partial charge >= 0.3 is 0 Å². The Morgan fingerprint density at radius 1 is 1.09 bits per heavy atom. The highest BCUT2D eigenvalue weighted by atomic mass is 16.5. The van der Waals surface area contributed by atoms with Gasteiger partial charge in [-0.2, -0.15) is 0 Å². The molecule has 5 nitrogen and oxygen atoms in total. The molecule has 0 radical (unpaired) electrons. The number of hydrogen-bond acceptors (Lipinski definition) is 4. The summed E-state index contributed by atoms with van der Waals surface area (Å²) in [6.45, 7) is 12.5. The van der Waals surface area contributed by atoms with Gasteiger partial charge in [0, 0.05) is 50.9 Å². The Morgan fingerprint density at radius 3 is 2.72 bits per heavy atom. The third-order valence-corrected chi connectivity index (χ3v) is 13.7. The Morgan fingerprint density at radius 2 is 1.91 bits per heavy atom. The number of Topliss-reactive ketones (excluding diaryl/α,β-unsaturated/α-hetero) is 1. The summed E-state index contributed by atoms with van der Waals surface area (Å²) in [5, 5.41) is 3.23. The highest BCUT2D eigenvalue weighted by molar-refractivity contribution is 5.79. The van der Waals surface area contributed by atoms with Crippen molar-refractivity contribution < 1.29 is 14.3 Å². The fraction of sp³-hybridized carbons (Fsp3) is 0.737. The average molecular weight is 587 g/mol. The van der Waals surface area contributed by atoms with Crippen LogP contribution in [0.5, 0.6) is 0 Å². The molecule has 6 aliphatic rings. The van der Waals surface area contributed by atoms with E-state index in [0.29, 0.717) is 48.0 Å². The van der Waals surface area contributed by atoms with Gasteiger partial charge in [-0.05, 0) is 104 Å². The summed E-state index contributed by atoms with van der Waals surface area (Å²) < 4.78 is 7.31. The van der Waals surface area contributed by atoms with E-state index in [1.165, 1.54) is 31.2 Å². The summed E-state index contributed by atoms with van der Waals surface area (Å²) in [6.07, 6.45) is 11.7. The van der Waals surface area contributed by atoms with Gasteiger partial charge in [0.15, 0.2) is 0 Å². The first-order valence-corrected chi connectivity index (χ1v) is 17.6. The highest BCUT2D eigenvalue weighted by Crippen LogP contribution is 2.66. The number of piperidine rings is 1. The third-order valence-electron chi connectivity index (χ3n) is 13.7. The number of aryl methyl sites for hydroxylation is 1. The highest BCUT2D eigenvalue weighted by Gasteiger charge is 2.62. The van der Waals surface area contributed by atoms with Crippen LogP contribution in [-0.4, -0.2) is 54.0 Å². The summed E-state index contributed by atoms with van der Waals surface area (Å²) in [5.74, 6) is 4.58. The fourth-order valence-electron chi connectivity index (χ4n) is 11.5. The molecule has 0 unspecified atom stereocenters. The van der Waals surface area contributed by atoms with Crippen molar-refractivity contribution in [3.63, 3.8) is 0 Å². The molecule has 43 heavy (non-hydrogen) atoms. The van der Waals surface area contributed by atoms with Gasteiger partial charge in [0.1, 0.15) is 5.78 Å². The Labute approximate surface area is 259 Å². The Balaban J connectivity index is 1.04. The molecule has 5 heteroatoms. The number of rotatable bonds is 6. The van der Waals surface area contributed by atoms with Gasteiger partial charge < -0.3 is 10.1 Å². The van der Waals surface area contributed by atoms with Gasteiger partial charge in [0.05, 0.1) is 11.7 Å². The van der Waals surface area contributed by atoms with Gasteiger partial charge in [0.25, 0.3) is 0 Å². The minimum atomic E-state index is -0.140. The largest absolute Gasteiger partial charge is 0.365 e. The molecular formula is C38H54N2O3. The second kappa shape index (κ2) is 11.4. The van der Waals surface area contributed by atoms with E-state index >= 15 is 0 Å². The molecule has 2 saturated heterocycles. The number of nitrogens with one attached hydrogen (secondary N) is 1. The number of allylic oxidation sites excluding steroid dienone is 1. The van der Waals surface area contributed by atoms with Crippen LogP contribution in [0.4, 0.5) is 0 Å². The first-order valence-electron chi connectivity index (χ1n) is 17.6. The molecule has 5 fully saturated rings. The maximum Gasteiger partial charge on any atom is 0.220 e. The van der Waals surface area contributed by atoms with E-state index in [1.54, 1.807) is 11.1 Å². The summed E-state index contributed by atoms with van der Waals surface area (Å²) in [7, 11) is 0. The molecule has 1 amide bonds. The quantitative estimate of drug-likeness (QED) is 0.375. The fourth-order valence-corrected chi connectivity index (χ4v) is 11.5. The molecule has 2 heterocycles. The topological polar surface area (TPSA) is 58.6 Å². The van der Waals surface area contributed by atoms with Gasteiger partial charge in [-0.1, -0.05) is 56.7 Å². The van der Waals surface area contributed by atoms with E-state index in [0.717, 1.165) is 69.4 Å². The SMILES string of the molecule is CC1=C2C[C@H]3[C@@H](CC[C@@H]4CC(=O)CC[C@@]43C)[C@@H]2CC[C@]12O[C@@H]1C[C@H](C)CN(CCNC(=O)CCc3ccccc3)[C@H]1[C@H]2C. The van der Waals surface area contributed by atoms with Gasteiger partial charge in [-0.3, -0.25) is 14.5 Å². The summed E-state index contributed by atoms with van der Waals surface area (Å²) in [4.78, 5) is 27.7. The maximum atomic E-state index is 12.7. The molecular weight excluding hydrogens is 532 g/mol. The lowest BCUT2D eigenvalue weighted by Gasteiger charge is -2.52. The van der Waals surface area contributed by atoms with Gasteiger partial charge in [0.2, 0.25) is 5.91 Å². The van der Waals surface area contributed by atoms with E-state index in [9.17, 15) is 9.59 Å². The summed E-state index contributed by atoms with van der Waals surface area (Å²) >= 11 is 0. The van der Waals surface area contributed by atoms with Crippen molar-refractivity contribution in [1.82, 2.24) is 10.2 Å². The lowest BCUT2D eigenvalue weighted by molar-refractivity contribution is -0.129. The molecule has 0 aromatic heterocycles. The molecule has 10 atom stereocenters. The number of ketones is 1. The van der Waals surface area contributed by atoms with Crippen LogP contribution in [0.2, 0.25) is 0 Å². The smallest absolute Gasteiger partial charge is 0.220 e. The number of benzene rings is 1. The minimum absolute atomic E-state index is 0.140. The Kier molecular flexibility index (Phi) is 7.90. The van der Waals surface area contributed by atoms with Crippen LogP contribution in [0.3, 0.4) is 0 Å². The zero-order valence-corrected chi connectivity index (χ0v) is 27.1. The molecule has 234 valence electrons. The summed E-state index contributed by atoms with van der Waals surface area (Å²) in [5.41, 5.74) is 4.74. The van der Waals surface area contributed by atoms with Crippen LogP contribution in [0.1, 0.15) is 97.5 Å². The third kappa shape index (κ3) is 5.05. The van der Waals surface area contributed by atoms with Crippen LogP contribution in [0.25, 0.3) is 0 Å². The van der Waals surface area contributed by atoms with Crippen LogP contribution in [0, 0.1) is 40.9 Å². The lowest BCUT2D eigenvalue weighted by atomic mass is 9.52. The molecule has 1 aromatic rings. The normalized spacial score (nSPS) is 42.4. The number of nitrogens with zero attached hydrogens (tertiary/aromatic N) is 1. The first kappa shape index (κ1) is 29.7. The van der Waals surface area contributed by atoms with Crippen molar-refractivity contribution in [2.45, 2.75) is 116 Å².